The number of hydrogen-bond acceptors (Lipinski definition) is 6. The fourth-order valence-corrected chi connectivity index (χ4v) is 6.28. The van der Waals surface area contributed by atoms with Crippen LogP contribution in [-0.2, 0) is 28.6 Å². The van der Waals surface area contributed by atoms with Gasteiger partial charge < -0.3 is 14.2 Å². The van der Waals surface area contributed by atoms with E-state index in [2.05, 4.69) is 69.4 Å². The van der Waals surface area contributed by atoms with E-state index >= 15 is 0 Å². The van der Waals surface area contributed by atoms with Gasteiger partial charge in [0, 0.05) is 19.3 Å². The summed E-state index contributed by atoms with van der Waals surface area (Å²) in [6.07, 6.45) is 50.9. The van der Waals surface area contributed by atoms with E-state index in [4.69, 9.17) is 14.2 Å². The molecule has 0 amide bonds. The normalized spacial score (nSPS) is 12.4. The zero-order valence-electron chi connectivity index (χ0n) is 36.2. The molecule has 0 saturated heterocycles. The molecule has 0 aliphatic heterocycles. The third-order valence-corrected chi connectivity index (χ3v) is 9.79. The maximum absolute atomic E-state index is 12.7. The van der Waals surface area contributed by atoms with Crippen molar-refractivity contribution in [3.63, 3.8) is 0 Å². The maximum Gasteiger partial charge on any atom is 0.306 e. The lowest BCUT2D eigenvalue weighted by molar-refractivity contribution is -0.167. The number of unbranched alkanes of at least 4 members (excludes halogenated alkanes) is 22. The quantitative estimate of drug-likeness (QED) is 0.0267. The fourth-order valence-electron chi connectivity index (χ4n) is 6.28. The molecule has 1 atom stereocenters. The summed E-state index contributed by atoms with van der Waals surface area (Å²) in [5, 5.41) is 0. The topological polar surface area (TPSA) is 78.9 Å². The van der Waals surface area contributed by atoms with E-state index in [0.29, 0.717) is 19.3 Å². The lowest BCUT2D eigenvalue weighted by atomic mass is 10.1. The van der Waals surface area contributed by atoms with Crippen molar-refractivity contribution in [3.05, 3.63) is 48.6 Å². The van der Waals surface area contributed by atoms with Crippen LogP contribution >= 0.6 is 0 Å². The van der Waals surface area contributed by atoms with Gasteiger partial charge in [-0.3, -0.25) is 14.4 Å². The van der Waals surface area contributed by atoms with Crippen molar-refractivity contribution in [3.8, 4) is 0 Å². The lowest BCUT2D eigenvalue weighted by Crippen LogP contribution is -2.30. The summed E-state index contributed by atoms with van der Waals surface area (Å²) in [5.41, 5.74) is 0. The molecule has 0 N–H and O–H groups in total. The summed E-state index contributed by atoms with van der Waals surface area (Å²) in [5.74, 6) is -0.926. The Morgan fingerprint density at radius 1 is 0.382 bits per heavy atom. The Morgan fingerprint density at radius 3 is 1.18 bits per heavy atom. The van der Waals surface area contributed by atoms with E-state index in [-0.39, 0.29) is 31.1 Å². The molecule has 0 spiro atoms. The first-order valence-electron chi connectivity index (χ1n) is 23.1. The zero-order valence-corrected chi connectivity index (χ0v) is 36.2. The molecule has 0 heterocycles. The number of rotatable bonds is 41. The van der Waals surface area contributed by atoms with Crippen molar-refractivity contribution in [2.24, 2.45) is 0 Å². The van der Waals surface area contributed by atoms with Gasteiger partial charge in [-0.2, -0.15) is 0 Å². The van der Waals surface area contributed by atoms with Crippen molar-refractivity contribution in [1.82, 2.24) is 0 Å². The van der Waals surface area contributed by atoms with Gasteiger partial charge in [0.05, 0.1) is 0 Å². The number of esters is 3. The zero-order chi connectivity index (χ0) is 40.1. The third kappa shape index (κ3) is 42.4. The van der Waals surface area contributed by atoms with Gasteiger partial charge >= 0.3 is 17.9 Å². The van der Waals surface area contributed by atoms with Crippen molar-refractivity contribution in [2.75, 3.05) is 13.2 Å². The summed E-state index contributed by atoms with van der Waals surface area (Å²) in [7, 11) is 0. The SMILES string of the molecule is CC/C=C\C/C=C\CCCCCCCCCC(=O)OCC(COC(=O)CCCCCC/C=C\CCCC)OC(=O)CCCCC/C=C\CCCCCCCC. The minimum absolute atomic E-state index is 0.0869. The van der Waals surface area contributed by atoms with Crippen molar-refractivity contribution in [1.29, 1.82) is 0 Å². The molecule has 0 aliphatic rings. The van der Waals surface area contributed by atoms with Gasteiger partial charge in [-0.1, -0.05) is 166 Å². The van der Waals surface area contributed by atoms with Crippen LogP contribution in [-0.4, -0.2) is 37.2 Å². The van der Waals surface area contributed by atoms with Crippen LogP contribution in [0.1, 0.15) is 226 Å². The number of carbonyl (C=O) groups is 3. The molecular formula is C49H86O6. The smallest absolute Gasteiger partial charge is 0.306 e. The lowest BCUT2D eigenvalue weighted by Gasteiger charge is -2.18. The van der Waals surface area contributed by atoms with Crippen LogP contribution in [0.2, 0.25) is 0 Å². The Hall–Kier alpha value is -2.63. The number of allylic oxidation sites excluding steroid dienone is 8. The summed E-state index contributed by atoms with van der Waals surface area (Å²) in [6, 6.07) is 0. The molecule has 6 nitrogen and oxygen atoms in total. The van der Waals surface area contributed by atoms with Crippen LogP contribution in [0, 0.1) is 0 Å². The summed E-state index contributed by atoms with van der Waals surface area (Å²) < 4.78 is 16.7. The summed E-state index contributed by atoms with van der Waals surface area (Å²) in [6.45, 7) is 6.44. The Morgan fingerprint density at radius 2 is 0.727 bits per heavy atom. The van der Waals surface area contributed by atoms with Crippen LogP contribution < -0.4 is 0 Å². The highest BCUT2D eigenvalue weighted by Crippen LogP contribution is 2.13. The van der Waals surface area contributed by atoms with Crippen molar-refractivity contribution < 1.29 is 28.6 Å². The molecular weight excluding hydrogens is 685 g/mol. The molecule has 0 aromatic rings. The standard InChI is InChI=1S/C49H86O6/c1-4-7-10-13-16-19-22-24-26-27-30-33-36-39-42-48(51)54-45-46(44-53-47(50)41-38-35-32-29-21-18-15-12-9-6-3)55-49(52)43-40-37-34-31-28-25-23-20-17-14-11-8-5-2/h7,10,15-16,18-19,25,28,46H,4-6,8-9,11-14,17,20-24,26-27,29-45H2,1-3H3/b10-7-,18-15-,19-16-,28-25-. The second kappa shape index (κ2) is 44.1. The average molecular weight is 771 g/mol. The van der Waals surface area contributed by atoms with Crippen LogP contribution in [0.4, 0.5) is 0 Å². The van der Waals surface area contributed by atoms with Gasteiger partial charge in [-0.15, -0.1) is 0 Å². The minimum atomic E-state index is -0.785. The summed E-state index contributed by atoms with van der Waals surface area (Å²) >= 11 is 0. The first-order valence-corrected chi connectivity index (χ1v) is 23.1. The van der Waals surface area contributed by atoms with E-state index in [1.54, 1.807) is 0 Å². The molecule has 0 saturated carbocycles. The molecule has 0 radical (unpaired) electrons. The first kappa shape index (κ1) is 52.4. The van der Waals surface area contributed by atoms with E-state index in [1.807, 2.05) is 0 Å². The molecule has 0 fully saturated rings. The highest BCUT2D eigenvalue weighted by Gasteiger charge is 2.19. The fraction of sp³-hybridized carbons (Fsp3) is 0.776. The Bertz CT molecular complexity index is 980. The Balaban J connectivity index is 4.40. The molecule has 0 aliphatic carbocycles. The average Bonchev–Trinajstić information content (AvgIpc) is 3.18. The van der Waals surface area contributed by atoms with Gasteiger partial charge in [-0.05, 0) is 89.9 Å². The van der Waals surface area contributed by atoms with E-state index in [0.717, 1.165) is 109 Å². The van der Waals surface area contributed by atoms with Gasteiger partial charge in [-0.25, -0.2) is 0 Å². The van der Waals surface area contributed by atoms with E-state index in [1.165, 1.54) is 77.0 Å². The molecule has 318 valence electrons. The molecule has 0 rings (SSSR count). The van der Waals surface area contributed by atoms with Crippen LogP contribution in [0.3, 0.4) is 0 Å². The predicted octanol–water partition coefficient (Wildman–Crippen LogP) is 14.8. The molecule has 0 bridgehead atoms. The van der Waals surface area contributed by atoms with Gasteiger partial charge in [0.15, 0.2) is 6.10 Å². The summed E-state index contributed by atoms with van der Waals surface area (Å²) in [4.78, 5) is 37.7. The Labute approximate surface area is 339 Å². The predicted molar refractivity (Wildman–Crippen MR) is 233 cm³/mol. The van der Waals surface area contributed by atoms with Crippen LogP contribution in [0.5, 0.6) is 0 Å². The number of carbonyl (C=O) groups excluding carboxylic acids is 3. The van der Waals surface area contributed by atoms with Gasteiger partial charge in [0.2, 0.25) is 0 Å². The number of hydrogen-bond donors (Lipinski definition) is 0. The highest BCUT2D eigenvalue weighted by molar-refractivity contribution is 5.71. The van der Waals surface area contributed by atoms with Crippen molar-refractivity contribution in [2.45, 2.75) is 232 Å². The second-order valence-electron chi connectivity index (χ2n) is 15.3. The van der Waals surface area contributed by atoms with E-state index in [9.17, 15) is 14.4 Å². The van der Waals surface area contributed by atoms with Crippen LogP contribution in [0.15, 0.2) is 48.6 Å². The minimum Gasteiger partial charge on any atom is -0.462 e. The van der Waals surface area contributed by atoms with Gasteiger partial charge in [0.25, 0.3) is 0 Å². The maximum atomic E-state index is 12.7. The Kier molecular flexibility index (Phi) is 42.0. The van der Waals surface area contributed by atoms with Gasteiger partial charge in [0.1, 0.15) is 13.2 Å². The second-order valence-corrected chi connectivity index (χ2v) is 15.3. The molecule has 0 aromatic carbocycles. The molecule has 6 heteroatoms. The highest BCUT2D eigenvalue weighted by atomic mass is 16.6. The van der Waals surface area contributed by atoms with Crippen molar-refractivity contribution >= 4 is 17.9 Å². The van der Waals surface area contributed by atoms with E-state index < -0.39 is 6.10 Å². The number of ether oxygens (including phenoxy) is 3. The van der Waals surface area contributed by atoms with Crippen LogP contribution in [0.25, 0.3) is 0 Å². The third-order valence-electron chi connectivity index (χ3n) is 9.79. The molecule has 0 aromatic heterocycles. The monoisotopic (exact) mass is 771 g/mol. The largest absolute Gasteiger partial charge is 0.462 e. The molecule has 55 heavy (non-hydrogen) atoms. The molecule has 1 unspecified atom stereocenters. The first-order chi connectivity index (χ1) is 27.0.